The van der Waals surface area contributed by atoms with Gasteiger partial charge in [0, 0.05) is 19.6 Å². The number of ether oxygens (including phenoxy) is 2. The molecule has 0 radical (unpaired) electrons. The highest BCUT2D eigenvalue weighted by Gasteiger charge is 2.19. The Labute approximate surface area is 151 Å². The molecule has 0 saturated heterocycles. The number of fused-ring (bicyclic) bond motifs is 1. The van der Waals surface area contributed by atoms with Gasteiger partial charge in [0.25, 0.3) is 0 Å². The summed E-state index contributed by atoms with van der Waals surface area (Å²) in [5.41, 5.74) is 0.688. The van der Waals surface area contributed by atoms with Crippen LogP contribution in [0, 0.1) is 0 Å². The number of hydrogen-bond donors (Lipinski definition) is 3. The van der Waals surface area contributed by atoms with Gasteiger partial charge in [0.15, 0.2) is 17.5 Å². The van der Waals surface area contributed by atoms with E-state index in [1.54, 1.807) is 12.1 Å². The molecule has 3 rings (SSSR count). The molecule has 22 heavy (non-hydrogen) atoms. The minimum atomic E-state index is -0.704. The van der Waals surface area contributed by atoms with E-state index in [9.17, 15) is 5.11 Å². The lowest BCUT2D eigenvalue weighted by atomic mass is 10.1. The first-order chi connectivity index (χ1) is 10.2. The van der Waals surface area contributed by atoms with Gasteiger partial charge in [-0.05, 0) is 24.1 Å². The van der Waals surface area contributed by atoms with Gasteiger partial charge in [0.2, 0.25) is 0 Å². The standard InChI is InChI=1S/C14H18ClN3O3.HI/c15-10-6-9(7-12-13(10)21-5-4-20-12)11(19)8-18-14-16-2-1-3-17-14;/h6-7,11,19H,1-5,8H2,(H2,16,17,18);1H. The summed E-state index contributed by atoms with van der Waals surface area (Å²) in [6.07, 6.45) is 0.329. The Morgan fingerprint density at radius 3 is 2.95 bits per heavy atom. The maximum atomic E-state index is 10.3. The van der Waals surface area contributed by atoms with E-state index in [0.29, 0.717) is 41.8 Å². The average Bonchev–Trinajstić information content (AvgIpc) is 2.53. The van der Waals surface area contributed by atoms with Crippen molar-refractivity contribution in [2.45, 2.75) is 12.5 Å². The van der Waals surface area contributed by atoms with Crippen LogP contribution in [0.15, 0.2) is 17.1 Å². The molecular weight excluding hydrogens is 421 g/mol. The molecule has 2 aliphatic rings. The summed E-state index contributed by atoms with van der Waals surface area (Å²) >= 11 is 6.17. The molecule has 3 N–H and O–H groups in total. The molecule has 2 aliphatic heterocycles. The molecule has 0 bridgehead atoms. The highest BCUT2D eigenvalue weighted by atomic mass is 127. The second kappa shape index (κ2) is 8.07. The fraction of sp³-hybridized carbons (Fsp3) is 0.500. The molecule has 8 heteroatoms. The lowest BCUT2D eigenvalue weighted by molar-refractivity contribution is 0.165. The number of halogens is 2. The van der Waals surface area contributed by atoms with Crippen molar-refractivity contribution in [2.24, 2.45) is 4.99 Å². The van der Waals surface area contributed by atoms with E-state index in [1.807, 2.05) is 0 Å². The van der Waals surface area contributed by atoms with Crippen molar-refractivity contribution < 1.29 is 14.6 Å². The highest BCUT2D eigenvalue weighted by molar-refractivity contribution is 14.0. The lowest BCUT2D eigenvalue weighted by Crippen LogP contribution is -2.42. The monoisotopic (exact) mass is 439 g/mol. The van der Waals surface area contributed by atoms with Gasteiger partial charge in [0.1, 0.15) is 13.2 Å². The van der Waals surface area contributed by atoms with E-state index >= 15 is 0 Å². The van der Waals surface area contributed by atoms with Crippen molar-refractivity contribution in [2.75, 3.05) is 32.8 Å². The zero-order valence-corrected chi connectivity index (χ0v) is 15.1. The third-order valence-electron chi connectivity index (χ3n) is 3.36. The van der Waals surface area contributed by atoms with Crippen LogP contribution in [0.25, 0.3) is 0 Å². The Bertz CT molecular complexity index is 556. The van der Waals surface area contributed by atoms with Crippen LogP contribution in [0.5, 0.6) is 11.5 Å². The zero-order valence-electron chi connectivity index (χ0n) is 12.0. The van der Waals surface area contributed by atoms with Gasteiger partial charge in [0.05, 0.1) is 11.1 Å². The summed E-state index contributed by atoms with van der Waals surface area (Å²) < 4.78 is 11.0. The number of guanidine groups is 1. The number of rotatable bonds is 3. The van der Waals surface area contributed by atoms with Crippen molar-refractivity contribution in [3.63, 3.8) is 0 Å². The number of nitrogens with one attached hydrogen (secondary N) is 2. The van der Waals surface area contributed by atoms with Gasteiger partial charge >= 0.3 is 0 Å². The van der Waals surface area contributed by atoms with Crippen LogP contribution in [0.1, 0.15) is 18.1 Å². The Morgan fingerprint density at radius 1 is 1.36 bits per heavy atom. The fourth-order valence-corrected chi connectivity index (χ4v) is 2.56. The van der Waals surface area contributed by atoms with Crippen molar-refractivity contribution in [3.8, 4) is 11.5 Å². The number of aliphatic hydroxyl groups is 1. The molecule has 0 fully saturated rings. The molecule has 2 heterocycles. The highest BCUT2D eigenvalue weighted by Crippen LogP contribution is 2.39. The maximum absolute atomic E-state index is 10.3. The third-order valence-corrected chi connectivity index (χ3v) is 3.64. The number of benzene rings is 1. The van der Waals surface area contributed by atoms with Crippen LogP contribution in [0.2, 0.25) is 5.02 Å². The largest absolute Gasteiger partial charge is 0.486 e. The molecule has 1 aromatic carbocycles. The SMILES string of the molecule is I.OC(CNC1=NCCCN1)c1cc(Cl)c2c(c1)OCCO2. The fourth-order valence-electron chi connectivity index (χ4n) is 2.29. The van der Waals surface area contributed by atoms with Crippen LogP contribution in [-0.4, -0.2) is 43.9 Å². The Hall–Kier alpha value is -0.930. The van der Waals surface area contributed by atoms with Gasteiger partial charge in [-0.1, -0.05) is 11.6 Å². The van der Waals surface area contributed by atoms with Crippen LogP contribution in [0.3, 0.4) is 0 Å². The Morgan fingerprint density at radius 2 is 2.18 bits per heavy atom. The molecule has 0 aliphatic carbocycles. The van der Waals surface area contributed by atoms with Crippen LogP contribution in [0.4, 0.5) is 0 Å². The molecule has 0 saturated carbocycles. The van der Waals surface area contributed by atoms with Crippen molar-refractivity contribution in [1.29, 1.82) is 0 Å². The molecule has 1 unspecified atom stereocenters. The average molecular weight is 440 g/mol. The molecule has 0 spiro atoms. The van der Waals surface area contributed by atoms with Gasteiger partial charge in [-0.25, -0.2) is 0 Å². The second-order valence-electron chi connectivity index (χ2n) is 4.93. The van der Waals surface area contributed by atoms with Gasteiger partial charge in [-0.3, -0.25) is 4.99 Å². The van der Waals surface area contributed by atoms with Crippen molar-refractivity contribution in [1.82, 2.24) is 10.6 Å². The number of hydrogen-bond acceptors (Lipinski definition) is 6. The molecule has 122 valence electrons. The first kappa shape index (κ1) is 17.4. The van der Waals surface area contributed by atoms with Gasteiger partial charge in [-0.2, -0.15) is 0 Å². The predicted octanol–water partition coefficient (Wildman–Crippen LogP) is 1.70. The summed E-state index contributed by atoms with van der Waals surface area (Å²) in [6.45, 7) is 3.03. The third kappa shape index (κ3) is 4.08. The summed E-state index contributed by atoms with van der Waals surface area (Å²) in [5, 5.41) is 17.0. The molecule has 1 atom stereocenters. The van der Waals surface area contributed by atoms with Crippen LogP contribution in [-0.2, 0) is 0 Å². The second-order valence-corrected chi connectivity index (χ2v) is 5.34. The summed E-state index contributed by atoms with van der Waals surface area (Å²) in [5.74, 6) is 1.85. The van der Waals surface area contributed by atoms with E-state index in [2.05, 4.69) is 15.6 Å². The lowest BCUT2D eigenvalue weighted by Gasteiger charge is -2.22. The number of nitrogens with zero attached hydrogens (tertiary/aromatic N) is 1. The summed E-state index contributed by atoms with van der Waals surface area (Å²) in [7, 11) is 0. The summed E-state index contributed by atoms with van der Waals surface area (Å²) in [4.78, 5) is 4.30. The minimum Gasteiger partial charge on any atom is -0.486 e. The van der Waals surface area contributed by atoms with E-state index in [0.717, 1.165) is 25.5 Å². The molecule has 0 aromatic heterocycles. The van der Waals surface area contributed by atoms with E-state index < -0.39 is 6.10 Å². The topological polar surface area (TPSA) is 75.1 Å². The number of aliphatic imine (C=N–C) groups is 1. The van der Waals surface area contributed by atoms with Crippen molar-refractivity contribution in [3.05, 3.63) is 22.7 Å². The molecule has 6 nitrogen and oxygen atoms in total. The first-order valence-corrected chi connectivity index (χ1v) is 7.41. The first-order valence-electron chi connectivity index (χ1n) is 7.03. The van der Waals surface area contributed by atoms with Gasteiger partial charge in [-0.15, -0.1) is 24.0 Å². The van der Waals surface area contributed by atoms with Crippen LogP contribution >= 0.6 is 35.6 Å². The number of aliphatic hydroxyl groups excluding tert-OH is 1. The smallest absolute Gasteiger partial charge is 0.191 e. The van der Waals surface area contributed by atoms with E-state index in [-0.39, 0.29) is 24.0 Å². The van der Waals surface area contributed by atoms with E-state index in [4.69, 9.17) is 21.1 Å². The normalized spacial score (nSPS) is 17.6. The predicted molar refractivity (Wildman–Crippen MR) is 95.7 cm³/mol. The van der Waals surface area contributed by atoms with E-state index in [1.165, 1.54) is 0 Å². The minimum absolute atomic E-state index is 0. The quantitative estimate of drug-likeness (QED) is 0.625. The maximum Gasteiger partial charge on any atom is 0.191 e. The Balaban J connectivity index is 0.00000176. The Kier molecular flexibility index (Phi) is 6.39. The molecule has 0 amide bonds. The van der Waals surface area contributed by atoms with Crippen molar-refractivity contribution >= 4 is 41.5 Å². The van der Waals surface area contributed by atoms with Crippen LogP contribution < -0.4 is 20.1 Å². The molecular formula is C14H19ClIN3O3. The summed E-state index contributed by atoms with van der Waals surface area (Å²) in [6, 6.07) is 3.47. The molecule has 1 aromatic rings. The zero-order chi connectivity index (χ0) is 14.7. The van der Waals surface area contributed by atoms with Gasteiger partial charge < -0.3 is 25.2 Å².